The molecule has 186 valence electrons. The maximum absolute atomic E-state index is 13.4. The lowest BCUT2D eigenvalue weighted by molar-refractivity contribution is -0.132. The quantitative estimate of drug-likeness (QED) is 0.248. The zero-order valence-corrected chi connectivity index (χ0v) is 21.0. The lowest BCUT2D eigenvalue weighted by atomic mass is 9.94. The van der Waals surface area contributed by atoms with E-state index in [-0.39, 0.29) is 39.3 Å². The standard InChI is InChI=1S/C28H26ClNO6/c1-15(2)16-5-9-18(10-6-16)30-25(17-7-11-19(31)12-8-17)24(27(33)28(30)34)26(32)20-13-23(36-4)21(29)14-22(20)35-3/h5-15,25,31-32H,1-4H3/b26-24+. The molecule has 2 N–H and O–H groups in total. The highest BCUT2D eigenvalue weighted by molar-refractivity contribution is 6.51. The maximum Gasteiger partial charge on any atom is 0.300 e. The van der Waals surface area contributed by atoms with Gasteiger partial charge < -0.3 is 19.7 Å². The molecule has 1 aliphatic rings. The van der Waals surface area contributed by atoms with Crippen molar-refractivity contribution in [3.05, 3.63) is 87.9 Å². The van der Waals surface area contributed by atoms with Gasteiger partial charge in [-0.05, 0) is 47.4 Å². The van der Waals surface area contributed by atoms with Gasteiger partial charge in [-0.25, -0.2) is 0 Å². The molecule has 1 aliphatic heterocycles. The van der Waals surface area contributed by atoms with Crippen molar-refractivity contribution in [3.8, 4) is 17.2 Å². The van der Waals surface area contributed by atoms with Crippen LogP contribution >= 0.6 is 11.6 Å². The van der Waals surface area contributed by atoms with Crippen LogP contribution in [0.25, 0.3) is 5.76 Å². The highest BCUT2D eigenvalue weighted by Crippen LogP contribution is 2.45. The Balaban J connectivity index is 1.96. The number of hydrogen-bond donors (Lipinski definition) is 2. The van der Waals surface area contributed by atoms with Crippen molar-refractivity contribution in [1.82, 2.24) is 0 Å². The predicted molar refractivity (Wildman–Crippen MR) is 138 cm³/mol. The fraction of sp³-hybridized carbons (Fsp3) is 0.214. The molecule has 0 bridgehead atoms. The number of aliphatic hydroxyl groups is 1. The Bertz CT molecular complexity index is 1350. The smallest absolute Gasteiger partial charge is 0.300 e. The molecular weight excluding hydrogens is 482 g/mol. The topological polar surface area (TPSA) is 96.3 Å². The average molecular weight is 508 g/mol. The van der Waals surface area contributed by atoms with Gasteiger partial charge in [0.15, 0.2) is 0 Å². The highest BCUT2D eigenvalue weighted by Gasteiger charge is 2.47. The van der Waals surface area contributed by atoms with Crippen LogP contribution in [0.3, 0.4) is 0 Å². The number of hydrogen-bond acceptors (Lipinski definition) is 6. The summed E-state index contributed by atoms with van der Waals surface area (Å²) in [5, 5.41) is 21.5. The summed E-state index contributed by atoms with van der Waals surface area (Å²) >= 11 is 6.22. The Morgan fingerprint density at radius 1 is 0.944 bits per heavy atom. The van der Waals surface area contributed by atoms with Crippen molar-refractivity contribution in [2.24, 2.45) is 0 Å². The number of carbonyl (C=O) groups excluding carboxylic acids is 2. The molecule has 0 aliphatic carbocycles. The number of ketones is 1. The molecule has 1 amide bonds. The van der Waals surface area contributed by atoms with Crippen LogP contribution in [0, 0.1) is 0 Å². The van der Waals surface area contributed by atoms with E-state index in [0.717, 1.165) is 5.56 Å². The molecule has 8 heteroatoms. The minimum absolute atomic E-state index is 0.0288. The van der Waals surface area contributed by atoms with Gasteiger partial charge in [-0.15, -0.1) is 0 Å². The Morgan fingerprint density at radius 2 is 1.56 bits per heavy atom. The molecule has 3 aromatic rings. The number of carbonyl (C=O) groups is 2. The first-order valence-electron chi connectivity index (χ1n) is 11.3. The minimum Gasteiger partial charge on any atom is -0.508 e. The fourth-order valence-electron chi connectivity index (χ4n) is 4.28. The van der Waals surface area contributed by atoms with Gasteiger partial charge in [-0.3, -0.25) is 14.5 Å². The van der Waals surface area contributed by atoms with Crippen molar-refractivity contribution < 1.29 is 29.3 Å². The summed E-state index contributed by atoms with van der Waals surface area (Å²) in [5.74, 6) is -1.29. The Morgan fingerprint density at radius 3 is 2.11 bits per heavy atom. The number of amides is 1. The fourth-order valence-corrected chi connectivity index (χ4v) is 4.51. The second kappa shape index (κ2) is 9.95. The number of phenolic OH excluding ortho intramolecular Hbond substituents is 1. The number of methoxy groups -OCH3 is 2. The number of nitrogens with zero attached hydrogens (tertiary/aromatic N) is 1. The van der Waals surface area contributed by atoms with Gasteiger partial charge in [0.1, 0.15) is 23.0 Å². The van der Waals surface area contributed by atoms with Crippen molar-refractivity contribution >= 4 is 34.7 Å². The van der Waals surface area contributed by atoms with Crippen LogP contribution in [-0.2, 0) is 9.59 Å². The SMILES string of the molecule is COc1cc(/C(O)=C2\C(=O)C(=O)N(c3ccc(C(C)C)cc3)C2c2ccc(O)cc2)c(OC)cc1Cl. The monoisotopic (exact) mass is 507 g/mol. The van der Waals surface area contributed by atoms with Gasteiger partial charge in [-0.1, -0.05) is 49.7 Å². The number of ether oxygens (including phenoxy) is 2. The van der Waals surface area contributed by atoms with Crippen LogP contribution < -0.4 is 14.4 Å². The summed E-state index contributed by atoms with van der Waals surface area (Å²) in [6.07, 6.45) is 0. The van der Waals surface area contributed by atoms with E-state index in [1.54, 1.807) is 24.3 Å². The molecule has 7 nitrogen and oxygen atoms in total. The number of aromatic hydroxyl groups is 1. The molecule has 0 aromatic heterocycles. The lowest BCUT2D eigenvalue weighted by Gasteiger charge is -2.26. The Hall–Kier alpha value is -3.97. The molecular formula is C28H26ClNO6. The van der Waals surface area contributed by atoms with Crippen molar-refractivity contribution in [1.29, 1.82) is 0 Å². The largest absolute Gasteiger partial charge is 0.508 e. The molecule has 1 fully saturated rings. The van der Waals surface area contributed by atoms with Gasteiger partial charge in [0.2, 0.25) is 0 Å². The van der Waals surface area contributed by atoms with Crippen LogP contribution in [-0.4, -0.2) is 36.1 Å². The van der Waals surface area contributed by atoms with Crippen LogP contribution in [0.1, 0.15) is 42.5 Å². The van der Waals surface area contributed by atoms with E-state index in [1.165, 1.54) is 43.4 Å². The van der Waals surface area contributed by atoms with E-state index in [1.807, 2.05) is 12.1 Å². The highest BCUT2D eigenvalue weighted by atomic mass is 35.5. The third-order valence-corrected chi connectivity index (χ3v) is 6.52. The summed E-state index contributed by atoms with van der Waals surface area (Å²) in [5.41, 5.74) is 2.13. The van der Waals surface area contributed by atoms with Crippen LogP contribution in [0.15, 0.2) is 66.2 Å². The van der Waals surface area contributed by atoms with E-state index in [0.29, 0.717) is 11.3 Å². The number of benzene rings is 3. The molecule has 0 radical (unpaired) electrons. The van der Waals surface area contributed by atoms with Crippen molar-refractivity contribution in [2.45, 2.75) is 25.8 Å². The van der Waals surface area contributed by atoms with E-state index in [9.17, 15) is 19.8 Å². The van der Waals surface area contributed by atoms with Crippen LogP contribution in [0.2, 0.25) is 5.02 Å². The van der Waals surface area contributed by atoms with Gasteiger partial charge in [0.05, 0.1) is 36.4 Å². The van der Waals surface area contributed by atoms with E-state index in [4.69, 9.17) is 21.1 Å². The number of Topliss-reactive ketones (excluding diaryl/α,β-unsaturated/α-hetero) is 1. The van der Waals surface area contributed by atoms with Gasteiger partial charge in [0.25, 0.3) is 11.7 Å². The summed E-state index contributed by atoms with van der Waals surface area (Å²) in [6, 6.07) is 15.5. The number of halogens is 1. The third-order valence-electron chi connectivity index (χ3n) is 6.22. The third kappa shape index (κ3) is 4.38. The second-order valence-electron chi connectivity index (χ2n) is 8.69. The first-order valence-corrected chi connectivity index (χ1v) is 11.7. The number of rotatable bonds is 6. The van der Waals surface area contributed by atoms with Crippen molar-refractivity contribution in [2.75, 3.05) is 19.1 Å². The summed E-state index contributed by atoms with van der Waals surface area (Å²) in [7, 11) is 2.83. The zero-order chi connectivity index (χ0) is 26.1. The van der Waals surface area contributed by atoms with E-state index in [2.05, 4.69) is 13.8 Å². The zero-order valence-electron chi connectivity index (χ0n) is 20.3. The molecule has 0 spiro atoms. The van der Waals surface area contributed by atoms with Gasteiger partial charge in [0, 0.05) is 11.8 Å². The Labute approximate surface area is 214 Å². The maximum atomic E-state index is 13.4. The summed E-state index contributed by atoms with van der Waals surface area (Å²) in [4.78, 5) is 28.1. The molecule has 1 atom stereocenters. The minimum atomic E-state index is -0.957. The Kier molecular flexibility index (Phi) is 6.95. The first-order chi connectivity index (χ1) is 17.2. The first kappa shape index (κ1) is 25.1. The normalized spacial score (nSPS) is 17.1. The summed E-state index contributed by atoms with van der Waals surface area (Å²) < 4.78 is 10.7. The summed E-state index contributed by atoms with van der Waals surface area (Å²) in [6.45, 7) is 4.12. The van der Waals surface area contributed by atoms with E-state index >= 15 is 0 Å². The number of anilines is 1. The molecule has 1 heterocycles. The second-order valence-corrected chi connectivity index (χ2v) is 9.10. The van der Waals surface area contributed by atoms with Gasteiger partial charge in [-0.2, -0.15) is 0 Å². The van der Waals surface area contributed by atoms with Crippen LogP contribution in [0.4, 0.5) is 5.69 Å². The molecule has 4 rings (SSSR count). The van der Waals surface area contributed by atoms with Gasteiger partial charge >= 0.3 is 0 Å². The predicted octanol–water partition coefficient (Wildman–Crippen LogP) is 5.81. The molecule has 1 saturated heterocycles. The molecule has 1 unspecified atom stereocenters. The van der Waals surface area contributed by atoms with Crippen molar-refractivity contribution in [3.63, 3.8) is 0 Å². The lowest BCUT2D eigenvalue weighted by Crippen LogP contribution is -2.29. The van der Waals surface area contributed by atoms with Crippen LogP contribution in [0.5, 0.6) is 17.2 Å². The van der Waals surface area contributed by atoms with E-state index < -0.39 is 23.5 Å². The number of aliphatic hydroxyl groups excluding tert-OH is 1. The number of phenols is 1. The average Bonchev–Trinajstić information content (AvgIpc) is 3.14. The molecule has 0 saturated carbocycles. The molecule has 3 aromatic carbocycles. The molecule has 36 heavy (non-hydrogen) atoms.